The SMILES string of the molecule is CCCC(CCO)CNCc1cc(Br)ccc1OC. The van der Waals surface area contributed by atoms with E-state index in [-0.39, 0.29) is 6.61 Å². The van der Waals surface area contributed by atoms with Crippen molar-refractivity contribution in [1.29, 1.82) is 0 Å². The first-order chi connectivity index (χ1) is 9.21. The Labute approximate surface area is 124 Å². The summed E-state index contributed by atoms with van der Waals surface area (Å²) >= 11 is 3.48. The topological polar surface area (TPSA) is 41.5 Å². The highest BCUT2D eigenvalue weighted by Crippen LogP contribution is 2.22. The smallest absolute Gasteiger partial charge is 0.123 e. The van der Waals surface area contributed by atoms with E-state index in [2.05, 4.69) is 34.2 Å². The standard InChI is InChI=1S/C15H24BrNO2/c1-3-4-12(7-8-18)10-17-11-13-9-14(16)5-6-15(13)19-2/h5-6,9,12,17-18H,3-4,7-8,10-11H2,1-2H3. The van der Waals surface area contributed by atoms with Gasteiger partial charge in [0.05, 0.1) is 7.11 Å². The molecule has 1 unspecified atom stereocenters. The lowest BCUT2D eigenvalue weighted by Crippen LogP contribution is -2.23. The molecule has 0 amide bonds. The van der Waals surface area contributed by atoms with Crippen molar-refractivity contribution in [2.45, 2.75) is 32.7 Å². The van der Waals surface area contributed by atoms with Crippen LogP contribution in [0.15, 0.2) is 22.7 Å². The summed E-state index contributed by atoms with van der Waals surface area (Å²) < 4.78 is 6.41. The lowest BCUT2D eigenvalue weighted by molar-refractivity contribution is 0.248. The van der Waals surface area contributed by atoms with E-state index in [9.17, 15) is 0 Å². The molecule has 1 aromatic carbocycles. The molecule has 1 rings (SSSR count). The molecule has 0 aliphatic carbocycles. The van der Waals surface area contributed by atoms with Crippen molar-refractivity contribution < 1.29 is 9.84 Å². The minimum absolute atomic E-state index is 0.270. The number of aliphatic hydroxyl groups excluding tert-OH is 1. The van der Waals surface area contributed by atoms with Gasteiger partial charge in [0.1, 0.15) is 5.75 Å². The van der Waals surface area contributed by atoms with E-state index in [0.717, 1.165) is 48.1 Å². The molecular formula is C15H24BrNO2. The Hall–Kier alpha value is -0.580. The number of aliphatic hydroxyl groups is 1. The van der Waals surface area contributed by atoms with Crippen LogP contribution in [0, 0.1) is 5.92 Å². The minimum atomic E-state index is 0.270. The van der Waals surface area contributed by atoms with Gasteiger partial charge in [-0.25, -0.2) is 0 Å². The van der Waals surface area contributed by atoms with Crippen LogP contribution >= 0.6 is 15.9 Å². The molecule has 1 atom stereocenters. The molecule has 0 radical (unpaired) electrons. The Morgan fingerprint density at radius 2 is 2.16 bits per heavy atom. The summed E-state index contributed by atoms with van der Waals surface area (Å²) in [7, 11) is 1.69. The molecule has 0 fully saturated rings. The summed E-state index contributed by atoms with van der Waals surface area (Å²) in [5.74, 6) is 1.46. The van der Waals surface area contributed by atoms with Crippen LogP contribution in [0.5, 0.6) is 5.75 Å². The first-order valence-electron chi connectivity index (χ1n) is 6.85. The van der Waals surface area contributed by atoms with Gasteiger partial charge in [-0.1, -0.05) is 29.3 Å². The molecule has 1 aromatic rings. The molecule has 0 saturated heterocycles. The zero-order valence-corrected chi connectivity index (χ0v) is 13.4. The number of halogens is 1. The first-order valence-corrected chi connectivity index (χ1v) is 7.64. The van der Waals surface area contributed by atoms with Gasteiger partial charge in [-0.2, -0.15) is 0 Å². The molecule has 2 N–H and O–H groups in total. The van der Waals surface area contributed by atoms with Crippen molar-refractivity contribution >= 4 is 15.9 Å². The Balaban J connectivity index is 2.49. The van der Waals surface area contributed by atoms with Crippen molar-refractivity contribution in [1.82, 2.24) is 5.32 Å². The van der Waals surface area contributed by atoms with Gasteiger partial charge in [-0.05, 0) is 43.5 Å². The molecule has 0 spiro atoms. The third-order valence-electron chi connectivity index (χ3n) is 3.23. The number of rotatable bonds is 9. The summed E-state index contributed by atoms with van der Waals surface area (Å²) in [4.78, 5) is 0. The Kier molecular flexibility index (Phi) is 8.10. The van der Waals surface area contributed by atoms with Crippen LogP contribution < -0.4 is 10.1 Å². The van der Waals surface area contributed by atoms with Crippen molar-refractivity contribution in [2.24, 2.45) is 5.92 Å². The molecule has 0 heterocycles. The fourth-order valence-corrected chi connectivity index (χ4v) is 2.64. The fraction of sp³-hybridized carbons (Fsp3) is 0.600. The van der Waals surface area contributed by atoms with Crippen molar-refractivity contribution in [2.75, 3.05) is 20.3 Å². The number of nitrogens with one attached hydrogen (secondary N) is 1. The molecule has 4 heteroatoms. The highest BCUT2D eigenvalue weighted by Gasteiger charge is 2.08. The second-order valence-corrected chi connectivity index (χ2v) is 5.67. The summed E-state index contributed by atoms with van der Waals surface area (Å²) in [6.45, 7) is 4.17. The van der Waals surface area contributed by atoms with Gasteiger partial charge in [0.25, 0.3) is 0 Å². The molecule has 0 bridgehead atoms. The zero-order valence-electron chi connectivity index (χ0n) is 11.8. The summed E-state index contributed by atoms with van der Waals surface area (Å²) in [6.07, 6.45) is 3.19. The second kappa shape index (κ2) is 9.34. The Morgan fingerprint density at radius 1 is 1.37 bits per heavy atom. The van der Waals surface area contributed by atoms with Crippen LogP contribution in [0.3, 0.4) is 0 Å². The number of hydrogen-bond acceptors (Lipinski definition) is 3. The van der Waals surface area contributed by atoms with Gasteiger partial charge >= 0.3 is 0 Å². The van der Waals surface area contributed by atoms with Gasteiger partial charge in [0, 0.05) is 23.2 Å². The maximum atomic E-state index is 9.04. The summed E-state index contributed by atoms with van der Waals surface area (Å²) in [5, 5.41) is 12.5. The van der Waals surface area contributed by atoms with Gasteiger partial charge < -0.3 is 15.2 Å². The molecule has 19 heavy (non-hydrogen) atoms. The van der Waals surface area contributed by atoms with Crippen molar-refractivity contribution in [3.63, 3.8) is 0 Å². The van der Waals surface area contributed by atoms with Crippen LogP contribution in [-0.2, 0) is 6.54 Å². The van der Waals surface area contributed by atoms with Crippen molar-refractivity contribution in [3.8, 4) is 5.75 Å². The van der Waals surface area contributed by atoms with Gasteiger partial charge in [0.15, 0.2) is 0 Å². The zero-order chi connectivity index (χ0) is 14.1. The predicted octanol–water partition coefficient (Wildman–Crippen LogP) is 3.35. The highest BCUT2D eigenvalue weighted by molar-refractivity contribution is 9.10. The molecule has 0 aliphatic heterocycles. The maximum Gasteiger partial charge on any atom is 0.123 e. The number of ether oxygens (including phenoxy) is 1. The fourth-order valence-electron chi connectivity index (χ4n) is 2.24. The molecular weight excluding hydrogens is 306 g/mol. The molecule has 0 saturated carbocycles. The number of hydrogen-bond donors (Lipinski definition) is 2. The second-order valence-electron chi connectivity index (χ2n) is 4.75. The normalized spacial score (nSPS) is 12.4. The monoisotopic (exact) mass is 329 g/mol. The summed E-state index contributed by atoms with van der Waals surface area (Å²) in [6, 6.07) is 6.03. The lowest BCUT2D eigenvalue weighted by Gasteiger charge is -2.16. The van der Waals surface area contributed by atoms with Gasteiger partial charge in [-0.3, -0.25) is 0 Å². The van der Waals surface area contributed by atoms with E-state index < -0.39 is 0 Å². The van der Waals surface area contributed by atoms with E-state index in [4.69, 9.17) is 9.84 Å². The molecule has 0 aliphatic rings. The van der Waals surface area contributed by atoms with E-state index in [1.807, 2.05) is 12.1 Å². The average Bonchev–Trinajstić information content (AvgIpc) is 2.39. The largest absolute Gasteiger partial charge is 0.496 e. The van der Waals surface area contributed by atoms with Crippen molar-refractivity contribution in [3.05, 3.63) is 28.2 Å². The predicted molar refractivity (Wildman–Crippen MR) is 82.5 cm³/mol. The van der Waals surface area contributed by atoms with Crippen LogP contribution in [-0.4, -0.2) is 25.4 Å². The Bertz CT molecular complexity index is 365. The van der Waals surface area contributed by atoms with Crippen LogP contribution in [0.25, 0.3) is 0 Å². The van der Waals surface area contributed by atoms with E-state index in [0.29, 0.717) is 5.92 Å². The van der Waals surface area contributed by atoms with Gasteiger partial charge in [-0.15, -0.1) is 0 Å². The lowest BCUT2D eigenvalue weighted by atomic mass is 10.00. The number of methoxy groups -OCH3 is 1. The average molecular weight is 330 g/mol. The maximum absolute atomic E-state index is 9.04. The highest BCUT2D eigenvalue weighted by atomic mass is 79.9. The molecule has 108 valence electrons. The molecule has 0 aromatic heterocycles. The quantitative estimate of drug-likeness (QED) is 0.730. The van der Waals surface area contributed by atoms with Crippen LogP contribution in [0.1, 0.15) is 31.7 Å². The van der Waals surface area contributed by atoms with E-state index in [1.54, 1.807) is 7.11 Å². The summed E-state index contributed by atoms with van der Waals surface area (Å²) in [5.41, 5.74) is 1.15. The van der Waals surface area contributed by atoms with E-state index in [1.165, 1.54) is 0 Å². The number of benzene rings is 1. The van der Waals surface area contributed by atoms with Crippen LogP contribution in [0.2, 0.25) is 0 Å². The van der Waals surface area contributed by atoms with Crippen LogP contribution in [0.4, 0.5) is 0 Å². The molecule has 3 nitrogen and oxygen atoms in total. The van der Waals surface area contributed by atoms with E-state index >= 15 is 0 Å². The minimum Gasteiger partial charge on any atom is -0.496 e. The van der Waals surface area contributed by atoms with Gasteiger partial charge in [0.2, 0.25) is 0 Å². The first kappa shape index (κ1) is 16.5. The third kappa shape index (κ3) is 5.93. The Morgan fingerprint density at radius 3 is 2.79 bits per heavy atom. The third-order valence-corrected chi connectivity index (χ3v) is 3.72.